The van der Waals surface area contributed by atoms with Crippen LogP contribution in [0.15, 0.2) is 28.3 Å². The molecule has 1 aliphatic heterocycles. The van der Waals surface area contributed by atoms with Gasteiger partial charge < -0.3 is 5.32 Å². The van der Waals surface area contributed by atoms with E-state index >= 15 is 0 Å². The first kappa shape index (κ1) is 23.1. The van der Waals surface area contributed by atoms with E-state index in [9.17, 15) is 13.2 Å². The second-order valence-corrected chi connectivity index (χ2v) is 13.1. The monoisotopic (exact) mass is 465 g/mol. The largest absolute Gasteiger partial charge is 0.352 e. The molecule has 3 aliphatic rings. The number of carbonyl (C=O) groups excluding carboxylic acids is 1. The standard InChI is InChI=1S/C23H35N3O3S2/c1-22(2)17-10-11-23(22,3)19(14-17)25-20(27)16-30-21-9-8-18(15-24-21)31(28,29)26-12-6-4-5-7-13-26/h8-9,15,17,19H,4-7,10-14,16H2,1-3H3,(H,25,27)/t17-,19+,23-/m0/s1. The molecule has 0 spiro atoms. The van der Waals surface area contributed by atoms with Crippen molar-refractivity contribution in [2.75, 3.05) is 18.8 Å². The molecular weight excluding hydrogens is 430 g/mol. The summed E-state index contributed by atoms with van der Waals surface area (Å²) in [6.07, 6.45) is 8.93. The zero-order valence-corrected chi connectivity index (χ0v) is 20.5. The third-order valence-electron chi connectivity index (χ3n) is 8.39. The highest BCUT2D eigenvalue weighted by atomic mass is 32.2. The molecule has 172 valence electrons. The Hall–Kier alpha value is -1.12. The number of thioether (sulfide) groups is 1. The Balaban J connectivity index is 1.32. The number of rotatable bonds is 6. The maximum absolute atomic E-state index is 12.9. The molecule has 1 N–H and O–H groups in total. The molecule has 0 radical (unpaired) electrons. The Bertz CT molecular complexity index is 908. The smallest absolute Gasteiger partial charge is 0.244 e. The molecule has 31 heavy (non-hydrogen) atoms. The van der Waals surface area contributed by atoms with E-state index in [1.807, 2.05) is 0 Å². The van der Waals surface area contributed by atoms with Crippen LogP contribution in [-0.4, -0.2) is 48.5 Å². The van der Waals surface area contributed by atoms with Crippen molar-refractivity contribution < 1.29 is 13.2 Å². The van der Waals surface area contributed by atoms with E-state index < -0.39 is 10.0 Å². The Morgan fingerprint density at radius 3 is 2.45 bits per heavy atom. The predicted molar refractivity (Wildman–Crippen MR) is 123 cm³/mol. The van der Waals surface area contributed by atoms with Gasteiger partial charge in [0.25, 0.3) is 0 Å². The number of hydrogen-bond acceptors (Lipinski definition) is 5. The van der Waals surface area contributed by atoms with Gasteiger partial charge in [0.15, 0.2) is 0 Å². The molecule has 0 unspecified atom stereocenters. The van der Waals surface area contributed by atoms with E-state index in [2.05, 4.69) is 31.1 Å². The number of fused-ring (bicyclic) bond motifs is 2. The lowest BCUT2D eigenvalue weighted by atomic mass is 9.69. The van der Waals surface area contributed by atoms with E-state index in [-0.39, 0.29) is 27.7 Å². The van der Waals surface area contributed by atoms with Gasteiger partial charge in [0.1, 0.15) is 4.90 Å². The van der Waals surface area contributed by atoms with Crippen LogP contribution in [0.25, 0.3) is 0 Å². The number of sulfonamides is 1. The highest BCUT2D eigenvalue weighted by molar-refractivity contribution is 7.99. The van der Waals surface area contributed by atoms with Crippen LogP contribution in [0.2, 0.25) is 0 Å². The van der Waals surface area contributed by atoms with Gasteiger partial charge in [0.2, 0.25) is 15.9 Å². The van der Waals surface area contributed by atoms with Gasteiger partial charge in [-0.25, -0.2) is 13.4 Å². The topological polar surface area (TPSA) is 79.4 Å². The Labute approximate surface area is 191 Å². The molecule has 4 rings (SSSR count). The van der Waals surface area contributed by atoms with Gasteiger partial charge in [-0.1, -0.05) is 45.4 Å². The summed E-state index contributed by atoms with van der Waals surface area (Å²) < 4.78 is 27.3. The van der Waals surface area contributed by atoms with Crippen molar-refractivity contribution >= 4 is 27.7 Å². The van der Waals surface area contributed by atoms with Crippen LogP contribution in [-0.2, 0) is 14.8 Å². The number of amides is 1. The van der Waals surface area contributed by atoms with Crippen LogP contribution in [0.5, 0.6) is 0 Å². The van der Waals surface area contributed by atoms with Gasteiger partial charge in [-0.05, 0) is 61.0 Å². The first-order chi connectivity index (χ1) is 14.6. The molecule has 2 aliphatic carbocycles. The number of hydrogen-bond donors (Lipinski definition) is 1. The molecule has 3 atom stereocenters. The number of pyridine rings is 1. The zero-order chi connectivity index (χ0) is 22.3. The van der Waals surface area contributed by atoms with Gasteiger partial charge in [0.05, 0.1) is 10.8 Å². The fourth-order valence-electron chi connectivity index (χ4n) is 5.83. The van der Waals surface area contributed by atoms with Crippen LogP contribution in [0, 0.1) is 16.7 Å². The summed E-state index contributed by atoms with van der Waals surface area (Å²) in [5, 5.41) is 3.94. The van der Waals surface area contributed by atoms with Gasteiger partial charge in [-0.15, -0.1) is 0 Å². The Morgan fingerprint density at radius 1 is 1.19 bits per heavy atom. The molecule has 1 saturated heterocycles. The summed E-state index contributed by atoms with van der Waals surface area (Å²) in [6, 6.07) is 3.57. The van der Waals surface area contributed by atoms with Crippen molar-refractivity contribution in [3.05, 3.63) is 18.3 Å². The number of nitrogens with one attached hydrogen (secondary N) is 1. The molecule has 2 bridgehead atoms. The van der Waals surface area contributed by atoms with Crippen LogP contribution < -0.4 is 5.32 Å². The van der Waals surface area contributed by atoms with Crippen molar-refractivity contribution in [3.8, 4) is 0 Å². The highest BCUT2D eigenvalue weighted by Gasteiger charge is 2.61. The van der Waals surface area contributed by atoms with Gasteiger partial charge >= 0.3 is 0 Å². The average Bonchev–Trinajstić information content (AvgIpc) is 2.97. The minimum absolute atomic E-state index is 0.0302. The lowest BCUT2D eigenvalue weighted by Gasteiger charge is -2.39. The minimum Gasteiger partial charge on any atom is -0.352 e. The van der Waals surface area contributed by atoms with E-state index in [4.69, 9.17) is 0 Å². The molecule has 1 aromatic rings. The van der Waals surface area contributed by atoms with Crippen molar-refractivity contribution in [3.63, 3.8) is 0 Å². The van der Waals surface area contributed by atoms with E-state index in [1.54, 1.807) is 16.4 Å². The van der Waals surface area contributed by atoms with Crippen molar-refractivity contribution in [1.29, 1.82) is 0 Å². The number of nitrogens with zero attached hydrogens (tertiary/aromatic N) is 2. The van der Waals surface area contributed by atoms with E-state index in [0.717, 1.165) is 32.1 Å². The van der Waals surface area contributed by atoms with Crippen molar-refractivity contribution in [1.82, 2.24) is 14.6 Å². The summed E-state index contributed by atoms with van der Waals surface area (Å²) in [4.78, 5) is 17.2. The molecule has 2 saturated carbocycles. The van der Waals surface area contributed by atoms with Crippen LogP contribution in [0.3, 0.4) is 0 Å². The molecule has 0 aromatic carbocycles. The Kier molecular flexibility index (Phi) is 6.45. The molecule has 1 amide bonds. The van der Waals surface area contributed by atoms with Crippen molar-refractivity contribution in [2.45, 2.75) is 81.7 Å². The lowest BCUT2D eigenvalue weighted by molar-refractivity contribution is -0.120. The van der Waals surface area contributed by atoms with Crippen LogP contribution >= 0.6 is 11.8 Å². The maximum atomic E-state index is 12.9. The van der Waals surface area contributed by atoms with Crippen LogP contribution in [0.4, 0.5) is 0 Å². The van der Waals surface area contributed by atoms with Gasteiger partial charge in [-0.3, -0.25) is 4.79 Å². The third kappa shape index (κ3) is 4.27. The average molecular weight is 466 g/mol. The summed E-state index contributed by atoms with van der Waals surface area (Å²) in [5.74, 6) is 1.02. The minimum atomic E-state index is -3.49. The van der Waals surface area contributed by atoms with Crippen molar-refractivity contribution in [2.24, 2.45) is 16.7 Å². The predicted octanol–water partition coefficient (Wildman–Crippen LogP) is 4.07. The quantitative estimate of drug-likeness (QED) is 0.641. The Morgan fingerprint density at radius 2 is 1.90 bits per heavy atom. The summed E-state index contributed by atoms with van der Waals surface area (Å²) in [6.45, 7) is 8.17. The normalized spacial score (nSPS) is 30.8. The van der Waals surface area contributed by atoms with Gasteiger partial charge in [-0.2, -0.15) is 4.31 Å². The first-order valence-electron chi connectivity index (χ1n) is 11.5. The number of aromatic nitrogens is 1. The fourth-order valence-corrected chi connectivity index (χ4v) is 7.95. The first-order valence-corrected chi connectivity index (χ1v) is 14.0. The molecule has 8 heteroatoms. The molecule has 3 fully saturated rings. The van der Waals surface area contributed by atoms with Gasteiger partial charge in [0, 0.05) is 25.3 Å². The summed E-state index contributed by atoms with van der Waals surface area (Å²) in [7, 11) is -3.49. The highest BCUT2D eigenvalue weighted by Crippen LogP contribution is 2.65. The summed E-state index contributed by atoms with van der Waals surface area (Å²) in [5.41, 5.74) is 0.438. The third-order valence-corrected chi connectivity index (χ3v) is 11.2. The molecule has 6 nitrogen and oxygen atoms in total. The molecule has 1 aromatic heterocycles. The summed E-state index contributed by atoms with van der Waals surface area (Å²) >= 11 is 1.36. The van der Waals surface area contributed by atoms with E-state index in [1.165, 1.54) is 30.8 Å². The molecule has 2 heterocycles. The second kappa shape index (κ2) is 8.67. The second-order valence-electron chi connectivity index (χ2n) is 10.2. The zero-order valence-electron chi connectivity index (χ0n) is 18.9. The van der Waals surface area contributed by atoms with Crippen LogP contribution in [0.1, 0.15) is 65.7 Å². The lowest BCUT2D eigenvalue weighted by Crippen LogP contribution is -2.47. The SMILES string of the molecule is CC1(C)[C@H]2CC[C@@]1(C)[C@H](NC(=O)CSc1ccc(S(=O)(=O)N3CCCCCC3)cn1)C2. The maximum Gasteiger partial charge on any atom is 0.244 e. The number of carbonyl (C=O) groups is 1. The fraction of sp³-hybridized carbons (Fsp3) is 0.739. The molecular formula is C23H35N3O3S2. The van der Waals surface area contributed by atoms with E-state index in [0.29, 0.717) is 29.8 Å².